The molecule has 0 radical (unpaired) electrons. The topological polar surface area (TPSA) is 83.4 Å². The number of aromatic nitrogens is 2. The summed E-state index contributed by atoms with van der Waals surface area (Å²) in [6, 6.07) is 5.32. The van der Waals surface area contributed by atoms with Crippen molar-refractivity contribution < 1.29 is 14.0 Å². The van der Waals surface area contributed by atoms with Crippen LogP contribution < -0.4 is 10.5 Å². The number of hydrogen-bond acceptors (Lipinski definition) is 6. The molecule has 1 heterocycles. The van der Waals surface area contributed by atoms with Crippen molar-refractivity contribution in [3.63, 3.8) is 0 Å². The third kappa shape index (κ3) is 2.91. The Balaban J connectivity index is 2.28. The van der Waals surface area contributed by atoms with E-state index < -0.39 is 0 Å². The minimum atomic E-state index is -0.156. The van der Waals surface area contributed by atoms with Crippen LogP contribution >= 0.6 is 0 Å². The second-order valence-electron chi connectivity index (χ2n) is 4.26. The molecule has 6 heteroatoms. The first-order valence-electron chi connectivity index (χ1n) is 6.58. The molecule has 0 amide bonds. The maximum Gasteiger partial charge on any atom is 0.260 e. The van der Waals surface area contributed by atoms with Crippen molar-refractivity contribution in [2.45, 2.75) is 26.4 Å². The molecule has 20 heavy (non-hydrogen) atoms. The number of nitrogen functional groups attached to an aromatic ring is 1. The summed E-state index contributed by atoms with van der Waals surface area (Å²) in [6.45, 7) is 4.55. The van der Waals surface area contributed by atoms with Crippen molar-refractivity contribution >= 4 is 5.69 Å². The Bertz CT molecular complexity index is 569. The van der Waals surface area contributed by atoms with E-state index >= 15 is 0 Å². The van der Waals surface area contributed by atoms with Crippen molar-refractivity contribution in [1.29, 1.82) is 0 Å². The summed E-state index contributed by atoms with van der Waals surface area (Å²) < 4.78 is 15.9. The lowest BCUT2D eigenvalue weighted by atomic mass is 10.1. The first-order valence-corrected chi connectivity index (χ1v) is 6.58. The Morgan fingerprint density at radius 2 is 2.15 bits per heavy atom. The lowest BCUT2D eigenvalue weighted by Crippen LogP contribution is -2.04. The standard InChI is InChI=1S/C14H19N3O3/c1-4-12(19-5-2)13-16-14(20-17-13)10-7-6-9(18-3)8-11(10)15/h6-8,12H,4-5,15H2,1-3H3. The monoisotopic (exact) mass is 277 g/mol. The predicted molar refractivity (Wildman–Crippen MR) is 75.4 cm³/mol. The maximum absolute atomic E-state index is 5.97. The van der Waals surface area contributed by atoms with Crippen LogP contribution in [0.3, 0.4) is 0 Å². The highest BCUT2D eigenvalue weighted by molar-refractivity contribution is 5.71. The van der Waals surface area contributed by atoms with E-state index in [-0.39, 0.29) is 6.10 Å². The van der Waals surface area contributed by atoms with Crippen LogP contribution in [-0.2, 0) is 4.74 Å². The van der Waals surface area contributed by atoms with Crippen LogP contribution in [0.15, 0.2) is 22.7 Å². The highest BCUT2D eigenvalue weighted by Crippen LogP contribution is 2.29. The average molecular weight is 277 g/mol. The Labute approximate surface area is 117 Å². The molecule has 0 fully saturated rings. The van der Waals surface area contributed by atoms with Crippen LogP contribution in [0.1, 0.15) is 32.2 Å². The zero-order valence-corrected chi connectivity index (χ0v) is 11.9. The molecule has 1 unspecified atom stereocenters. The molecule has 0 spiro atoms. The van der Waals surface area contributed by atoms with Crippen LogP contribution in [0.25, 0.3) is 11.5 Å². The summed E-state index contributed by atoms with van der Waals surface area (Å²) in [5.74, 6) is 1.62. The zero-order chi connectivity index (χ0) is 14.5. The van der Waals surface area contributed by atoms with Gasteiger partial charge in [-0.15, -0.1) is 0 Å². The van der Waals surface area contributed by atoms with Gasteiger partial charge in [-0.1, -0.05) is 12.1 Å². The van der Waals surface area contributed by atoms with Crippen molar-refractivity contribution in [3.05, 3.63) is 24.0 Å². The molecule has 6 nitrogen and oxygen atoms in total. The van der Waals surface area contributed by atoms with Gasteiger partial charge in [-0.25, -0.2) is 0 Å². The number of nitrogens with two attached hydrogens (primary N) is 1. The number of anilines is 1. The molecule has 1 aromatic heterocycles. The van der Waals surface area contributed by atoms with Crippen LogP contribution in [0, 0.1) is 0 Å². The molecule has 2 N–H and O–H groups in total. The Morgan fingerprint density at radius 1 is 1.35 bits per heavy atom. The number of benzene rings is 1. The fraction of sp³-hybridized carbons (Fsp3) is 0.429. The van der Waals surface area contributed by atoms with Gasteiger partial charge in [-0.3, -0.25) is 0 Å². The van der Waals surface area contributed by atoms with Crippen LogP contribution in [0.2, 0.25) is 0 Å². The molecule has 0 aliphatic heterocycles. The summed E-state index contributed by atoms with van der Waals surface area (Å²) in [4.78, 5) is 4.36. The lowest BCUT2D eigenvalue weighted by Gasteiger charge is -2.09. The zero-order valence-electron chi connectivity index (χ0n) is 11.9. The van der Waals surface area contributed by atoms with E-state index in [1.165, 1.54) is 0 Å². The fourth-order valence-electron chi connectivity index (χ4n) is 1.91. The second kappa shape index (κ2) is 6.38. The van der Waals surface area contributed by atoms with Gasteiger partial charge in [0.15, 0.2) is 0 Å². The van der Waals surface area contributed by atoms with Crippen molar-refractivity contribution in [2.75, 3.05) is 19.5 Å². The van der Waals surface area contributed by atoms with E-state index in [1.807, 2.05) is 13.8 Å². The molecular weight excluding hydrogens is 258 g/mol. The quantitative estimate of drug-likeness (QED) is 0.817. The average Bonchev–Trinajstić information content (AvgIpc) is 2.93. The van der Waals surface area contributed by atoms with E-state index in [1.54, 1.807) is 25.3 Å². The normalized spacial score (nSPS) is 12.3. The number of rotatable bonds is 6. The van der Waals surface area contributed by atoms with Gasteiger partial charge in [0.1, 0.15) is 11.9 Å². The van der Waals surface area contributed by atoms with Gasteiger partial charge in [0.25, 0.3) is 5.89 Å². The highest BCUT2D eigenvalue weighted by Gasteiger charge is 2.18. The highest BCUT2D eigenvalue weighted by atomic mass is 16.5. The number of ether oxygens (including phenoxy) is 2. The molecular formula is C14H19N3O3. The molecule has 0 bridgehead atoms. The smallest absolute Gasteiger partial charge is 0.260 e. The van der Waals surface area contributed by atoms with Gasteiger partial charge in [0.05, 0.1) is 12.7 Å². The van der Waals surface area contributed by atoms with Gasteiger partial charge < -0.3 is 19.7 Å². The van der Waals surface area contributed by atoms with Crippen molar-refractivity contribution in [1.82, 2.24) is 10.1 Å². The maximum atomic E-state index is 5.97. The van der Waals surface area contributed by atoms with E-state index in [0.717, 1.165) is 6.42 Å². The van der Waals surface area contributed by atoms with Crippen LogP contribution in [-0.4, -0.2) is 23.9 Å². The minimum absolute atomic E-state index is 0.156. The van der Waals surface area contributed by atoms with Gasteiger partial charge in [-0.05, 0) is 25.5 Å². The molecule has 0 aliphatic rings. The van der Waals surface area contributed by atoms with Crippen LogP contribution in [0.5, 0.6) is 5.75 Å². The SMILES string of the molecule is CCOC(CC)c1noc(-c2ccc(OC)cc2N)n1. The molecule has 1 aromatic carbocycles. The van der Waals surface area contributed by atoms with E-state index in [9.17, 15) is 0 Å². The summed E-state index contributed by atoms with van der Waals surface area (Å²) >= 11 is 0. The summed E-state index contributed by atoms with van der Waals surface area (Å²) in [5, 5.41) is 3.97. The summed E-state index contributed by atoms with van der Waals surface area (Å²) in [6.07, 6.45) is 0.627. The molecule has 2 aromatic rings. The number of methoxy groups -OCH3 is 1. The molecule has 108 valence electrons. The molecule has 1 atom stereocenters. The van der Waals surface area contributed by atoms with Gasteiger partial charge in [0, 0.05) is 18.4 Å². The Morgan fingerprint density at radius 3 is 2.75 bits per heavy atom. The second-order valence-corrected chi connectivity index (χ2v) is 4.26. The van der Waals surface area contributed by atoms with Crippen molar-refractivity contribution in [3.8, 4) is 17.2 Å². The largest absolute Gasteiger partial charge is 0.497 e. The van der Waals surface area contributed by atoms with Gasteiger partial charge in [-0.2, -0.15) is 4.98 Å². The van der Waals surface area contributed by atoms with Gasteiger partial charge >= 0.3 is 0 Å². The molecule has 0 saturated heterocycles. The minimum Gasteiger partial charge on any atom is -0.497 e. The van der Waals surface area contributed by atoms with E-state index in [2.05, 4.69) is 10.1 Å². The molecule has 0 aliphatic carbocycles. The number of hydrogen-bond donors (Lipinski definition) is 1. The van der Waals surface area contributed by atoms with Gasteiger partial charge in [0.2, 0.25) is 5.82 Å². The third-order valence-corrected chi connectivity index (χ3v) is 2.96. The van der Waals surface area contributed by atoms with Crippen LogP contribution in [0.4, 0.5) is 5.69 Å². The first kappa shape index (κ1) is 14.3. The molecule has 2 rings (SSSR count). The summed E-state index contributed by atoms with van der Waals surface area (Å²) in [5.41, 5.74) is 7.19. The Kier molecular flexibility index (Phi) is 4.57. The van der Waals surface area contributed by atoms with E-state index in [0.29, 0.717) is 35.3 Å². The molecule has 0 saturated carbocycles. The summed E-state index contributed by atoms with van der Waals surface area (Å²) in [7, 11) is 1.59. The lowest BCUT2D eigenvalue weighted by molar-refractivity contribution is 0.0518. The third-order valence-electron chi connectivity index (χ3n) is 2.96. The number of nitrogens with zero attached hydrogens (tertiary/aromatic N) is 2. The fourth-order valence-corrected chi connectivity index (χ4v) is 1.91. The van der Waals surface area contributed by atoms with Crippen molar-refractivity contribution in [2.24, 2.45) is 0 Å². The Hall–Kier alpha value is -2.08. The first-order chi connectivity index (χ1) is 9.69. The van der Waals surface area contributed by atoms with E-state index in [4.69, 9.17) is 19.7 Å². The predicted octanol–water partition coefficient (Wildman–Crippen LogP) is 2.82.